The van der Waals surface area contributed by atoms with E-state index in [0.29, 0.717) is 13.2 Å². The first-order chi connectivity index (χ1) is 10.2. The highest BCUT2D eigenvalue weighted by Crippen LogP contribution is 2.23. The van der Waals surface area contributed by atoms with Crippen LogP contribution in [0.3, 0.4) is 0 Å². The topological polar surface area (TPSA) is 53.6 Å². The number of hydrogen-bond acceptors (Lipinski definition) is 3. The molecule has 2 N–H and O–H groups in total. The first kappa shape index (κ1) is 15.6. The normalized spacial score (nSPS) is 14.4. The van der Waals surface area contributed by atoms with Crippen molar-refractivity contribution in [3.63, 3.8) is 0 Å². The van der Waals surface area contributed by atoms with E-state index >= 15 is 0 Å². The highest BCUT2D eigenvalue weighted by molar-refractivity contribution is 5.76. The molecule has 1 aromatic rings. The molecule has 1 aliphatic heterocycles. The van der Waals surface area contributed by atoms with Crippen molar-refractivity contribution in [3.8, 4) is 5.75 Å². The molecule has 0 saturated carbocycles. The smallest absolute Gasteiger partial charge is 0.317 e. The summed E-state index contributed by atoms with van der Waals surface area (Å²) in [6.07, 6.45) is 1.12. The van der Waals surface area contributed by atoms with Gasteiger partial charge in [0.1, 0.15) is 12.4 Å². The summed E-state index contributed by atoms with van der Waals surface area (Å²) in [6.45, 7) is 8.68. The van der Waals surface area contributed by atoms with E-state index in [1.165, 1.54) is 5.56 Å². The zero-order valence-corrected chi connectivity index (χ0v) is 12.9. The Hall–Kier alpha value is -1.75. The zero-order valence-electron chi connectivity index (χ0n) is 12.9. The molecule has 116 valence electrons. The molecule has 0 radical (unpaired) electrons. The standard InChI is InChI=1S/C16H25N3O2/c1-3-7-17-12-14-6-4-5-13(2)15(14)21-11-10-19-9-8-18-16(19)20/h4-6,17H,3,7-12H2,1-2H3,(H,18,20). The van der Waals surface area contributed by atoms with Crippen LogP contribution in [-0.4, -0.2) is 43.7 Å². The van der Waals surface area contributed by atoms with Gasteiger partial charge in [-0.25, -0.2) is 4.79 Å². The van der Waals surface area contributed by atoms with Gasteiger partial charge in [-0.1, -0.05) is 25.1 Å². The molecule has 5 heteroatoms. The summed E-state index contributed by atoms with van der Waals surface area (Å²) in [5.74, 6) is 0.945. The number of rotatable bonds is 8. The number of ether oxygens (including phenoxy) is 1. The van der Waals surface area contributed by atoms with Crippen molar-refractivity contribution in [2.24, 2.45) is 0 Å². The maximum absolute atomic E-state index is 11.5. The number of para-hydroxylation sites is 1. The fraction of sp³-hybridized carbons (Fsp3) is 0.562. The summed E-state index contributed by atoms with van der Waals surface area (Å²) < 4.78 is 5.95. The van der Waals surface area contributed by atoms with E-state index in [4.69, 9.17) is 4.74 Å². The summed E-state index contributed by atoms with van der Waals surface area (Å²) in [5.41, 5.74) is 2.31. The largest absolute Gasteiger partial charge is 0.491 e. The summed E-state index contributed by atoms with van der Waals surface area (Å²) >= 11 is 0. The Bertz CT molecular complexity index is 477. The summed E-state index contributed by atoms with van der Waals surface area (Å²) in [7, 11) is 0. The number of carbonyl (C=O) groups is 1. The first-order valence-electron chi connectivity index (χ1n) is 7.67. The second-order valence-electron chi connectivity index (χ2n) is 5.31. The Balaban J connectivity index is 1.90. The van der Waals surface area contributed by atoms with Crippen LogP contribution in [0.5, 0.6) is 5.75 Å². The lowest BCUT2D eigenvalue weighted by Gasteiger charge is -2.18. The number of amides is 2. The third-order valence-electron chi connectivity index (χ3n) is 3.59. The van der Waals surface area contributed by atoms with E-state index in [0.717, 1.165) is 43.9 Å². The minimum absolute atomic E-state index is 0.00761. The second kappa shape index (κ2) is 7.88. The van der Waals surface area contributed by atoms with Crippen LogP contribution >= 0.6 is 0 Å². The SMILES string of the molecule is CCCNCc1cccc(C)c1OCCN1CCNC1=O. The van der Waals surface area contributed by atoms with Crippen molar-refractivity contribution in [1.82, 2.24) is 15.5 Å². The van der Waals surface area contributed by atoms with Crippen LogP contribution in [0, 0.1) is 6.92 Å². The van der Waals surface area contributed by atoms with Gasteiger partial charge in [-0.3, -0.25) is 0 Å². The fourth-order valence-corrected chi connectivity index (χ4v) is 2.44. The average molecular weight is 291 g/mol. The predicted molar refractivity (Wildman–Crippen MR) is 83.6 cm³/mol. The lowest BCUT2D eigenvalue weighted by Crippen LogP contribution is -2.32. The molecule has 5 nitrogen and oxygen atoms in total. The van der Waals surface area contributed by atoms with E-state index in [-0.39, 0.29) is 6.03 Å². The molecule has 0 spiro atoms. The number of hydrogen-bond donors (Lipinski definition) is 2. The zero-order chi connectivity index (χ0) is 15.1. The third kappa shape index (κ3) is 4.36. The minimum atomic E-state index is 0.00761. The minimum Gasteiger partial charge on any atom is -0.491 e. The highest BCUT2D eigenvalue weighted by atomic mass is 16.5. The molecule has 1 fully saturated rings. The van der Waals surface area contributed by atoms with E-state index in [2.05, 4.69) is 42.7 Å². The van der Waals surface area contributed by atoms with Crippen LogP contribution in [0.1, 0.15) is 24.5 Å². The van der Waals surface area contributed by atoms with Gasteiger partial charge < -0.3 is 20.3 Å². The van der Waals surface area contributed by atoms with E-state index < -0.39 is 0 Å². The van der Waals surface area contributed by atoms with Gasteiger partial charge in [-0.15, -0.1) is 0 Å². The van der Waals surface area contributed by atoms with Crippen molar-refractivity contribution in [2.75, 3.05) is 32.8 Å². The molecule has 2 amide bonds. The van der Waals surface area contributed by atoms with Gasteiger partial charge in [-0.05, 0) is 25.5 Å². The number of nitrogens with zero attached hydrogens (tertiary/aromatic N) is 1. The monoisotopic (exact) mass is 291 g/mol. The quantitative estimate of drug-likeness (QED) is 0.719. The molecular weight excluding hydrogens is 266 g/mol. The molecule has 2 rings (SSSR count). The van der Waals surface area contributed by atoms with Gasteiger partial charge in [-0.2, -0.15) is 0 Å². The Kier molecular flexibility index (Phi) is 5.87. The maximum Gasteiger partial charge on any atom is 0.317 e. The molecule has 1 aromatic carbocycles. The summed E-state index contributed by atoms with van der Waals surface area (Å²) in [5, 5.41) is 6.20. The first-order valence-corrected chi connectivity index (χ1v) is 7.67. The molecule has 0 unspecified atom stereocenters. The molecule has 1 saturated heterocycles. The number of nitrogens with one attached hydrogen (secondary N) is 2. The lowest BCUT2D eigenvalue weighted by atomic mass is 10.1. The predicted octanol–water partition coefficient (Wildman–Crippen LogP) is 1.90. The van der Waals surface area contributed by atoms with Crippen molar-refractivity contribution in [3.05, 3.63) is 29.3 Å². The van der Waals surface area contributed by atoms with Crippen molar-refractivity contribution < 1.29 is 9.53 Å². The Morgan fingerprint density at radius 3 is 3.00 bits per heavy atom. The lowest BCUT2D eigenvalue weighted by molar-refractivity contribution is 0.202. The number of carbonyl (C=O) groups excluding carboxylic acids is 1. The van der Waals surface area contributed by atoms with Gasteiger partial charge in [0.15, 0.2) is 0 Å². The summed E-state index contributed by atoms with van der Waals surface area (Å²) in [6, 6.07) is 6.21. The van der Waals surface area contributed by atoms with Crippen LogP contribution in [0.25, 0.3) is 0 Å². The van der Waals surface area contributed by atoms with Gasteiger partial charge in [0, 0.05) is 25.2 Å². The van der Waals surface area contributed by atoms with Crippen molar-refractivity contribution in [2.45, 2.75) is 26.8 Å². The molecule has 1 heterocycles. The molecular formula is C16H25N3O2. The molecule has 0 aromatic heterocycles. The van der Waals surface area contributed by atoms with E-state index in [1.807, 2.05) is 0 Å². The number of benzene rings is 1. The van der Waals surface area contributed by atoms with Gasteiger partial charge in [0.05, 0.1) is 6.54 Å². The molecule has 0 bridgehead atoms. The molecule has 1 aliphatic rings. The van der Waals surface area contributed by atoms with Gasteiger partial charge >= 0.3 is 6.03 Å². The van der Waals surface area contributed by atoms with Crippen LogP contribution in [0.15, 0.2) is 18.2 Å². The van der Waals surface area contributed by atoms with Crippen molar-refractivity contribution in [1.29, 1.82) is 0 Å². The fourth-order valence-electron chi connectivity index (χ4n) is 2.44. The van der Waals surface area contributed by atoms with Gasteiger partial charge in [0.25, 0.3) is 0 Å². The van der Waals surface area contributed by atoms with E-state index in [9.17, 15) is 4.79 Å². The van der Waals surface area contributed by atoms with Crippen LogP contribution in [0.2, 0.25) is 0 Å². The van der Waals surface area contributed by atoms with Crippen molar-refractivity contribution >= 4 is 6.03 Å². The van der Waals surface area contributed by atoms with Gasteiger partial charge in [0.2, 0.25) is 0 Å². The Labute approximate surface area is 126 Å². The Morgan fingerprint density at radius 2 is 2.29 bits per heavy atom. The third-order valence-corrected chi connectivity index (χ3v) is 3.59. The number of aryl methyl sites for hydroxylation is 1. The maximum atomic E-state index is 11.5. The van der Waals surface area contributed by atoms with Crippen LogP contribution < -0.4 is 15.4 Å². The summed E-state index contributed by atoms with van der Waals surface area (Å²) in [4.78, 5) is 13.3. The molecule has 0 aliphatic carbocycles. The number of urea groups is 1. The molecule has 21 heavy (non-hydrogen) atoms. The molecule has 0 atom stereocenters. The Morgan fingerprint density at radius 1 is 1.43 bits per heavy atom. The average Bonchev–Trinajstić information content (AvgIpc) is 2.87. The van der Waals surface area contributed by atoms with Crippen LogP contribution in [-0.2, 0) is 6.54 Å². The van der Waals surface area contributed by atoms with E-state index in [1.54, 1.807) is 4.90 Å². The highest BCUT2D eigenvalue weighted by Gasteiger charge is 2.19. The second-order valence-corrected chi connectivity index (χ2v) is 5.31. The van der Waals surface area contributed by atoms with Crippen LogP contribution in [0.4, 0.5) is 4.79 Å².